The van der Waals surface area contributed by atoms with E-state index in [4.69, 9.17) is 4.74 Å². The molecule has 2 saturated heterocycles. The number of halogens is 3. The number of hydrogen-bond acceptors (Lipinski definition) is 7. The first-order valence-electron chi connectivity index (χ1n) is 12.5. The molecule has 1 N–H and O–H groups in total. The Kier molecular flexibility index (Phi) is 7.65. The minimum Gasteiger partial charge on any atom is -0.404 e. The second-order valence-electron chi connectivity index (χ2n) is 9.37. The summed E-state index contributed by atoms with van der Waals surface area (Å²) in [7, 11) is -4.36. The van der Waals surface area contributed by atoms with Crippen molar-refractivity contribution in [3.63, 3.8) is 0 Å². The van der Waals surface area contributed by atoms with E-state index in [0.29, 0.717) is 50.8 Å². The summed E-state index contributed by atoms with van der Waals surface area (Å²) in [5.74, 6) is -1.28. The molecule has 0 unspecified atom stereocenters. The molecule has 0 atom stereocenters. The molecule has 39 heavy (non-hydrogen) atoms. The van der Waals surface area contributed by atoms with E-state index < -0.39 is 33.7 Å². The summed E-state index contributed by atoms with van der Waals surface area (Å²) < 4.78 is 77.9. The molecule has 3 heterocycles. The number of aromatic nitrogens is 1. The Balaban J connectivity index is 1.37. The zero-order chi connectivity index (χ0) is 27.6. The number of carbonyl (C=O) groups is 1. The van der Waals surface area contributed by atoms with Gasteiger partial charge in [0.1, 0.15) is 4.90 Å². The number of fused-ring (bicyclic) bond motifs is 1. The summed E-state index contributed by atoms with van der Waals surface area (Å²) in [5, 5.41) is 0.546. The molecule has 9 nitrogen and oxygen atoms in total. The van der Waals surface area contributed by atoms with Crippen LogP contribution in [0, 0.1) is 0 Å². The number of carbonyl (C=O) groups excluding carboxylic acids is 1. The van der Waals surface area contributed by atoms with Crippen LogP contribution in [0.1, 0.15) is 23.2 Å². The molecule has 2 aliphatic heterocycles. The number of para-hydroxylation sites is 1. The standard InChI is InChI=1S/C26H27F3N4O5S/c27-26(28,29)38-22-17-19(25(34)33-13-11-32(12-14-33)20-8-15-37-16-9-20)6-7-21(22)31-39(35,36)23-5-1-3-18-4-2-10-30-24(18)23/h1-7,10,17,20,31H,8-9,11-16H2. The van der Waals surface area contributed by atoms with Crippen LogP contribution in [-0.4, -0.2) is 80.9 Å². The molecule has 1 aromatic heterocycles. The van der Waals surface area contributed by atoms with Crippen molar-refractivity contribution in [3.8, 4) is 5.75 Å². The van der Waals surface area contributed by atoms with Gasteiger partial charge in [0.05, 0.1) is 11.2 Å². The molecule has 1 amide bonds. The Bertz CT molecular complexity index is 1450. The zero-order valence-electron chi connectivity index (χ0n) is 20.9. The number of piperazine rings is 1. The molecule has 0 bridgehead atoms. The maximum atomic E-state index is 13.3. The average molecular weight is 565 g/mol. The van der Waals surface area contributed by atoms with Crippen LogP contribution >= 0.6 is 0 Å². The van der Waals surface area contributed by atoms with E-state index >= 15 is 0 Å². The fraction of sp³-hybridized carbons (Fsp3) is 0.385. The first kappa shape index (κ1) is 27.2. The Morgan fingerprint density at radius 3 is 2.46 bits per heavy atom. The van der Waals surface area contributed by atoms with Crippen molar-refractivity contribution in [3.05, 3.63) is 60.3 Å². The molecule has 0 aliphatic carbocycles. The lowest BCUT2D eigenvalue weighted by atomic mass is 10.1. The SMILES string of the molecule is O=C(c1ccc(NS(=O)(=O)c2cccc3cccnc23)c(OC(F)(F)F)c1)N1CCN(C2CCOCC2)CC1. The van der Waals surface area contributed by atoms with E-state index in [9.17, 15) is 26.4 Å². The summed E-state index contributed by atoms with van der Waals surface area (Å²) in [6.07, 6.45) is -1.84. The second-order valence-corrected chi connectivity index (χ2v) is 11.0. The third-order valence-corrected chi connectivity index (χ3v) is 8.29. The highest BCUT2D eigenvalue weighted by Gasteiger charge is 2.34. The summed E-state index contributed by atoms with van der Waals surface area (Å²) >= 11 is 0. The molecule has 5 rings (SSSR count). The number of sulfonamides is 1. The van der Waals surface area contributed by atoms with Gasteiger partial charge in [0.2, 0.25) is 0 Å². The van der Waals surface area contributed by atoms with Gasteiger partial charge in [-0.3, -0.25) is 19.4 Å². The lowest BCUT2D eigenvalue weighted by Crippen LogP contribution is -2.53. The van der Waals surface area contributed by atoms with Crippen LogP contribution in [-0.2, 0) is 14.8 Å². The van der Waals surface area contributed by atoms with Crippen molar-refractivity contribution in [2.45, 2.75) is 30.1 Å². The van der Waals surface area contributed by atoms with Gasteiger partial charge in [0.25, 0.3) is 15.9 Å². The molecule has 13 heteroatoms. The van der Waals surface area contributed by atoms with Crippen LogP contribution in [0.2, 0.25) is 0 Å². The number of hydrogen-bond donors (Lipinski definition) is 1. The molecule has 3 aromatic rings. The number of benzene rings is 2. The van der Waals surface area contributed by atoms with E-state index in [-0.39, 0.29) is 16.0 Å². The van der Waals surface area contributed by atoms with E-state index in [1.807, 2.05) is 0 Å². The van der Waals surface area contributed by atoms with Crippen molar-refractivity contribution in [1.82, 2.24) is 14.8 Å². The van der Waals surface area contributed by atoms with Gasteiger partial charge in [-0.05, 0) is 43.2 Å². The van der Waals surface area contributed by atoms with E-state index in [1.165, 1.54) is 24.4 Å². The number of nitrogens with zero attached hydrogens (tertiary/aromatic N) is 3. The van der Waals surface area contributed by atoms with E-state index in [2.05, 4.69) is 19.3 Å². The van der Waals surface area contributed by atoms with Crippen molar-refractivity contribution >= 4 is 32.5 Å². The minimum absolute atomic E-state index is 0.0384. The number of anilines is 1. The first-order valence-corrected chi connectivity index (χ1v) is 14.0. The monoisotopic (exact) mass is 564 g/mol. The molecular formula is C26H27F3N4O5S. The van der Waals surface area contributed by atoms with Crippen LogP contribution in [0.3, 0.4) is 0 Å². The molecule has 208 valence electrons. The van der Waals surface area contributed by atoms with Gasteiger partial charge in [-0.1, -0.05) is 18.2 Å². The summed E-state index contributed by atoms with van der Waals surface area (Å²) in [6.45, 7) is 3.57. The second kappa shape index (κ2) is 11.0. The normalized spacial score (nSPS) is 17.8. The van der Waals surface area contributed by atoms with E-state index in [1.54, 1.807) is 23.1 Å². The van der Waals surface area contributed by atoms with Gasteiger partial charge in [0, 0.05) is 62.6 Å². The predicted molar refractivity (Wildman–Crippen MR) is 137 cm³/mol. The van der Waals surface area contributed by atoms with Crippen LogP contribution in [0.5, 0.6) is 5.75 Å². The molecule has 2 fully saturated rings. The quantitative estimate of drug-likeness (QED) is 0.485. The number of alkyl halides is 3. The molecule has 0 radical (unpaired) electrons. The smallest absolute Gasteiger partial charge is 0.404 e. The maximum Gasteiger partial charge on any atom is 0.573 e. The topological polar surface area (TPSA) is 101 Å². The zero-order valence-corrected chi connectivity index (χ0v) is 21.7. The van der Waals surface area contributed by atoms with Crippen LogP contribution < -0.4 is 9.46 Å². The molecule has 2 aliphatic rings. The molecule has 2 aromatic carbocycles. The van der Waals surface area contributed by atoms with Gasteiger partial charge < -0.3 is 14.4 Å². The number of ether oxygens (including phenoxy) is 2. The van der Waals surface area contributed by atoms with Crippen molar-refractivity contribution in [2.75, 3.05) is 44.1 Å². The van der Waals surface area contributed by atoms with E-state index in [0.717, 1.165) is 25.0 Å². The highest BCUT2D eigenvalue weighted by Crippen LogP contribution is 2.34. The maximum absolute atomic E-state index is 13.3. The first-order chi connectivity index (χ1) is 18.6. The summed E-state index contributed by atoms with van der Waals surface area (Å²) in [4.78, 5) is 21.0. The van der Waals surface area contributed by atoms with Crippen molar-refractivity contribution < 1.29 is 35.9 Å². The highest BCUT2D eigenvalue weighted by atomic mass is 32.2. The van der Waals surface area contributed by atoms with Gasteiger partial charge in [-0.25, -0.2) is 8.42 Å². The Morgan fingerprint density at radius 2 is 1.74 bits per heavy atom. The Hall–Kier alpha value is -3.42. The van der Waals surface area contributed by atoms with Gasteiger partial charge in [-0.2, -0.15) is 0 Å². The number of nitrogens with one attached hydrogen (secondary N) is 1. The van der Waals surface area contributed by atoms with Gasteiger partial charge in [-0.15, -0.1) is 13.2 Å². The summed E-state index contributed by atoms with van der Waals surface area (Å²) in [5.41, 5.74) is -0.331. The number of amides is 1. The fourth-order valence-electron chi connectivity index (χ4n) is 4.96. The van der Waals surface area contributed by atoms with Crippen LogP contribution in [0.15, 0.2) is 59.6 Å². The summed E-state index contributed by atoms with van der Waals surface area (Å²) in [6, 6.07) is 11.5. The average Bonchev–Trinajstić information content (AvgIpc) is 2.93. The number of pyridine rings is 1. The lowest BCUT2D eigenvalue weighted by molar-refractivity contribution is -0.274. The predicted octanol–water partition coefficient (Wildman–Crippen LogP) is 3.87. The largest absolute Gasteiger partial charge is 0.573 e. The Labute approximate surface area is 223 Å². The molecular weight excluding hydrogens is 537 g/mol. The highest BCUT2D eigenvalue weighted by molar-refractivity contribution is 7.93. The lowest BCUT2D eigenvalue weighted by Gasteiger charge is -2.40. The third-order valence-electron chi connectivity index (χ3n) is 6.89. The van der Waals surface area contributed by atoms with Crippen molar-refractivity contribution in [1.29, 1.82) is 0 Å². The fourth-order valence-corrected chi connectivity index (χ4v) is 6.22. The molecule has 0 spiro atoms. The molecule has 0 saturated carbocycles. The van der Waals surface area contributed by atoms with Crippen molar-refractivity contribution in [2.24, 2.45) is 0 Å². The number of rotatable bonds is 6. The Morgan fingerprint density at radius 1 is 1.03 bits per heavy atom. The van der Waals surface area contributed by atoms with Crippen LogP contribution in [0.4, 0.5) is 18.9 Å². The minimum atomic E-state index is -5.11. The van der Waals surface area contributed by atoms with Crippen LogP contribution in [0.25, 0.3) is 10.9 Å². The van der Waals surface area contributed by atoms with Gasteiger partial charge >= 0.3 is 6.36 Å². The van der Waals surface area contributed by atoms with Gasteiger partial charge in [0.15, 0.2) is 5.75 Å². The third kappa shape index (κ3) is 6.26.